The summed E-state index contributed by atoms with van der Waals surface area (Å²) in [6.07, 6.45) is 0.850. The molecular formula is C11H19BrN2O2. The van der Waals surface area contributed by atoms with Crippen molar-refractivity contribution < 1.29 is 9.59 Å². The number of carbonyl (C=O) groups is 2. The lowest BCUT2D eigenvalue weighted by atomic mass is 10.1. The van der Waals surface area contributed by atoms with Crippen LogP contribution in [-0.2, 0) is 9.59 Å². The molecule has 1 saturated heterocycles. The van der Waals surface area contributed by atoms with Gasteiger partial charge in [0.05, 0.1) is 4.83 Å². The fourth-order valence-corrected chi connectivity index (χ4v) is 2.11. The van der Waals surface area contributed by atoms with Gasteiger partial charge in [-0.05, 0) is 12.3 Å². The zero-order valence-corrected chi connectivity index (χ0v) is 11.6. The van der Waals surface area contributed by atoms with Gasteiger partial charge in [-0.15, -0.1) is 0 Å². The molecule has 92 valence electrons. The molecule has 0 aromatic carbocycles. The SMILES string of the molecule is CC(=O)NC1CCN(C(=O)C(Br)C(C)C)C1. The summed E-state index contributed by atoms with van der Waals surface area (Å²) in [5, 5.41) is 2.85. The lowest BCUT2D eigenvalue weighted by molar-refractivity contribution is -0.130. The molecule has 1 fully saturated rings. The minimum absolute atomic E-state index is 0.0291. The van der Waals surface area contributed by atoms with Crippen LogP contribution in [0.2, 0.25) is 0 Å². The third-order valence-electron chi connectivity index (χ3n) is 2.73. The van der Waals surface area contributed by atoms with E-state index < -0.39 is 0 Å². The van der Waals surface area contributed by atoms with Crippen LogP contribution in [0.4, 0.5) is 0 Å². The molecule has 0 aromatic heterocycles. The Bertz CT molecular complexity index is 281. The normalized spacial score (nSPS) is 22.3. The minimum Gasteiger partial charge on any atom is -0.352 e. The highest BCUT2D eigenvalue weighted by Crippen LogP contribution is 2.18. The quantitative estimate of drug-likeness (QED) is 0.793. The van der Waals surface area contributed by atoms with Gasteiger partial charge in [-0.2, -0.15) is 0 Å². The molecule has 2 atom stereocenters. The van der Waals surface area contributed by atoms with Gasteiger partial charge in [0.2, 0.25) is 11.8 Å². The van der Waals surface area contributed by atoms with E-state index in [1.54, 1.807) is 0 Å². The molecule has 5 heteroatoms. The first-order valence-corrected chi connectivity index (χ1v) is 6.53. The average molecular weight is 291 g/mol. The van der Waals surface area contributed by atoms with Gasteiger partial charge in [0.15, 0.2) is 0 Å². The third-order valence-corrected chi connectivity index (χ3v) is 4.18. The molecule has 0 radical (unpaired) electrons. The lowest BCUT2D eigenvalue weighted by Gasteiger charge is -2.22. The molecule has 0 spiro atoms. The van der Waals surface area contributed by atoms with Crippen molar-refractivity contribution in [1.29, 1.82) is 0 Å². The molecular weight excluding hydrogens is 272 g/mol. The van der Waals surface area contributed by atoms with Gasteiger partial charge >= 0.3 is 0 Å². The summed E-state index contributed by atoms with van der Waals surface area (Å²) in [6, 6.07) is 0.119. The molecule has 0 saturated carbocycles. The maximum absolute atomic E-state index is 12.0. The van der Waals surface area contributed by atoms with E-state index >= 15 is 0 Å². The molecule has 1 rings (SSSR count). The van der Waals surface area contributed by atoms with Gasteiger partial charge in [0, 0.05) is 26.1 Å². The number of likely N-dealkylation sites (tertiary alicyclic amines) is 1. The summed E-state index contributed by atoms with van der Waals surface area (Å²) in [5.41, 5.74) is 0. The Labute approximate surface area is 105 Å². The fraction of sp³-hybridized carbons (Fsp3) is 0.818. The third kappa shape index (κ3) is 3.47. The van der Waals surface area contributed by atoms with Gasteiger partial charge in [0.25, 0.3) is 0 Å². The van der Waals surface area contributed by atoms with Crippen molar-refractivity contribution in [3.8, 4) is 0 Å². The Kier molecular flexibility index (Phi) is 4.77. The number of amides is 2. The highest BCUT2D eigenvalue weighted by molar-refractivity contribution is 9.10. The molecule has 2 amide bonds. The zero-order chi connectivity index (χ0) is 12.3. The van der Waals surface area contributed by atoms with Gasteiger partial charge in [0.1, 0.15) is 0 Å². The van der Waals surface area contributed by atoms with E-state index in [9.17, 15) is 9.59 Å². The zero-order valence-electron chi connectivity index (χ0n) is 10.00. The first-order chi connectivity index (χ1) is 7.41. The maximum atomic E-state index is 12.0. The van der Waals surface area contributed by atoms with Crippen LogP contribution in [0, 0.1) is 5.92 Å². The van der Waals surface area contributed by atoms with Crippen LogP contribution in [0.1, 0.15) is 27.2 Å². The van der Waals surface area contributed by atoms with Crippen molar-refractivity contribution in [1.82, 2.24) is 10.2 Å². The smallest absolute Gasteiger partial charge is 0.236 e. The summed E-state index contributed by atoms with van der Waals surface area (Å²) in [6.45, 7) is 6.90. The Morgan fingerprint density at radius 1 is 1.44 bits per heavy atom. The summed E-state index contributed by atoms with van der Waals surface area (Å²) in [7, 11) is 0. The molecule has 0 bridgehead atoms. The monoisotopic (exact) mass is 290 g/mol. The Hall–Kier alpha value is -0.580. The second-order valence-corrected chi connectivity index (χ2v) is 5.60. The van der Waals surface area contributed by atoms with Gasteiger partial charge < -0.3 is 10.2 Å². The molecule has 0 aliphatic carbocycles. The first-order valence-electron chi connectivity index (χ1n) is 5.61. The van der Waals surface area contributed by atoms with Crippen molar-refractivity contribution in [3.05, 3.63) is 0 Å². The second-order valence-electron chi connectivity index (χ2n) is 4.62. The molecule has 1 heterocycles. The van der Waals surface area contributed by atoms with Gasteiger partial charge in [-0.25, -0.2) is 0 Å². The van der Waals surface area contributed by atoms with E-state index in [2.05, 4.69) is 21.2 Å². The van der Waals surface area contributed by atoms with Crippen LogP contribution >= 0.6 is 15.9 Å². The van der Waals surface area contributed by atoms with Crippen LogP contribution in [0.5, 0.6) is 0 Å². The van der Waals surface area contributed by atoms with Gasteiger partial charge in [-0.1, -0.05) is 29.8 Å². The van der Waals surface area contributed by atoms with Crippen LogP contribution < -0.4 is 5.32 Å². The van der Waals surface area contributed by atoms with Crippen LogP contribution in [-0.4, -0.2) is 40.7 Å². The van der Waals surface area contributed by atoms with Crippen molar-refractivity contribution in [2.45, 2.75) is 38.1 Å². The summed E-state index contributed by atoms with van der Waals surface area (Å²) < 4.78 is 0. The molecule has 2 unspecified atom stereocenters. The molecule has 16 heavy (non-hydrogen) atoms. The fourth-order valence-electron chi connectivity index (χ4n) is 1.83. The standard InChI is InChI=1S/C11H19BrN2O2/c1-7(2)10(12)11(16)14-5-4-9(6-14)13-8(3)15/h7,9-10H,4-6H2,1-3H3,(H,13,15). The summed E-state index contributed by atoms with van der Waals surface area (Å²) in [4.78, 5) is 24.6. The number of nitrogens with one attached hydrogen (secondary N) is 1. The molecule has 1 N–H and O–H groups in total. The molecule has 1 aliphatic rings. The van der Waals surface area contributed by atoms with Crippen molar-refractivity contribution in [3.63, 3.8) is 0 Å². The largest absolute Gasteiger partial charge is 0.352 e. The predicted molar refractivity (Wildman–Crippen MR) is 66.4 cm³/mol. The number of alkyl halides is 1. The van der Waals surface area contributed by atoms with Crippen LogP contribution in [0.25, 0.3) is 0 Å². The molecule has 1 aliphatic heterocycles. The predicted octanol–water partition coefficient (Wildman–Crippen LogP) is 1.14. The number of carbonyl (C=O) groups excluding carboxylic acids is 2. The van der Waals surface area contributed by atoms with E-state index in [0.29, 0.717) is 6.54 Å². The van der Waals surface area contributed by atoms with Crippen molar-refractivity contribution in [2.75, 3.05) is 13.1 Å². The average Bonchev–Trinajstić information content (AvgIpc) is 2.62. The molecule has 0 aromatic rings. The highest BCUT2D eigenvalue weighted by atomic mass is 79.9. The highest BCUT2D eigenvalue weighted by Gasteiger charge is 2.31. The number of nitrogens with zero attached hydrogens (tertiary/aromatic N) is 1. The number of rotatable bonds is 3. The van der Waals surface area contributed by atoms with Crippen LogP contribution in [0.3, 0.4) is 0 Å². The summed E-state index contributed by atoms with van der Waals surface area (Å²) >= 11 is 3.41. The Balaban J connectivity index is 2.46. The van der Waals surface area contributed by atoms with Crippen molar-refractivity contribution >= 4 is 27.7 Å². The topological polar surface area (TPSA) is 49.4 Å². The van der Waals surface area contributed by atoms with Crippen LogP contribution in [0.15, 0.2) is 0 Å². The van der Waals surface area contributed by atoms with E-state index in [0.717, 1.165) is 13.0 Å². The first kappa shape index (κ1) is 13.5. The maximum Gasteiger partial charge on any atom is 0.236 e. The van der Waals surface area contributed by atoms with E-state index in [-0.39, 0.29) is 28.6 Å². The minimum atomic E-state index is -0.122. The van der Waals surface area contributed by atoms with Gasteiger partial charge in [-0.3, -0.25) is 9.59 Å². The Morgan fingerprint density at radius 3 is 2.56 bits per heavy atom. The summed E-state index contributed by atoms with van der Waals surface area (Å²) in [5.74, 6) is 0.383. The number of halogens is 1. The van der Waals surface area contributed by atoms with E-state index in [1.807, 2.05) is 18.7 Å². The number of hydrogen-bond donors (Lipinski definition) is 1. The number of hydrogen-bond acceptors (Lipinski definition) is 2. The van der Waals surface area contributed by atoms with Crippen molar-refractivity contribution in [2.24, 2.45) is 5.92 Å². The van der Waals surface area contributed by atoms with E-state index in [1.165, 1.54) is 6.92 Å². The molecule has 4 nitrogen and oxygen atoms in total. The second kappa shape index (κ2) is 5.66. The van der Waals surface area contributed by atoms with E-state index in [4.69, 9.17) is 0 Å². The lowest BCUT2D eigenvalue weighted by Crippen LogP contribution is -2.40. The Morgan fingerprint density at radius 2 is 2.06 bits per heavy atom.